The maximum Gasteiger partial charge on any atom is 0.135 e. The molecule has 0 heterocycles. The summed E-state index contributed by atoms with van der Waals surface area (Å²) in [5.41, 5.74) is 9.40. The van der Waals surface area contributed by atoms with E-state index in [2.05, 4.69) is 113 Å². The van der Waals surface area contributed by atoms with E-state index in [4.69, 9.17) is 4.74 Å². The summed E-state index contributed by atoms with van der Waals surface area (Å²) in [7, 11) is 0. The van der Waals surface area contributed by atoms with Crippen molar-refractivity contribution in [3.8, 4) is 33.8 Å². The van der Waals surface area contributed by atoms with E-state index in [0.29, 0.717) is 0 Å². The molecule has 1 heteroatoms. The quantitative estimate of drug-likeness (QED) is 0.349. The summed E-state index contributed by atoms with van der Waals surface area (Å²) in [5, 5.41) is 0. The molecule has 0 atom stereocenters. The van der Waals surface area contributed by atoms with Crippen LogP contribution in [0.5, 0.6) is 11.5 Å². The largest absolute Gasteiger partial charge is 0.456 e. The van der Waals surface area contributed by atoms with Gasteiger partial charge in [0.1, 0.15) is 11.5 Å². The van der Waals surface area contributed by atoms with Crippen LogP contribution in [0.2, 0.25) is 0 Å². The second-order valence-corrected chi connectivity index (χ2v) is 7.83. The monoisotopic (exact) mass is 378 g/mol. The molecule has 0 saturated carbocycles. The van der Waals surface area contributed by atoms with E-state index in [1.807, 2.05) is 0 Å². The molecule has 0 unspecified atom stereocenters. The van der Waals surface area contributed by atoms with Crippen molar-refractivity contribution < 1.29 is 4.74 Å². The highest BCUT2D eigenvalue weighted by atomic mass is 16.5. The lowest BCUT2D eigenvalue weighted by Gasteiger charge is -2.16. The van der Waals surface area contributed by atoms with E-state index < -0.39 is 0 Å². The van der Waals surface area contributed by atoms with E-state index in [1.54, 1.807) is 0 Å². The lowest BCUT2D eigenvalue weighted by molar-refractivity contribution is 0.485. The third-order valence-corrected chi connectivity index (χ3v) is 5.22. The standard InChI is InChI=1S/C28H26O/c1-19-5-11-23(12-6-19)25-15-9-21(3)17-27(25)29-28-18-22(4)10-16-26(28)24-13-7-20(2)8-14-24/h5-18H,1-4H3. The highest BCUT2D eigenvalue weighted by Gasteiger charge is 2.12. The zero-order chi connectivity index (χ0) is 20.4. The number of hydrogen-bond donors (Lipinski definition) is 0. The van der Waals surface area contributed by atoms with Crippen LogP contribution < -0.4 is 4.74 Å². The Bertz CT molecular complexity index is 1040. The first-order valence-electron chi connectivity index (χ1n) is 10.0. The van der Waals surface area contributed by atoms with E-state index in [-0.39, 0.29) is 0 Å². The molecule has 4 aromatic carbocycles. The molecule has 29 heavy (non-hydrogen) atoms. The molecular weight excluding hydrogens is 352 g/mol. The Morgan fingerprint density at radius 1 is 0.414 bits per heavy atom. The predicted molar refractivity (Wildman–Crippen MR) is 123 cm³/mol. The van der Waals surface area contributed by atoms with Gasteiger partial charge < -0.3 is 4.74 Å². The van der Waals surface area contributed by atoms with Crippen LogP contribution in [0.3, 0.4) is 0 Å². The van der Waals surface area contributed by atoms with Gasteiger partial charge in [0.05, 0.1) is 0 Å². The summed E-state index contributed by atoms with van der Waals surface area (Å²) < 4.78 is 6.57. The normalized spacial score (nSPS) is 10.8. The molecule has 0 N–H and O–H groups in total. The van der Waals surface area contributed by atoms with Crippen molar-refractivity contribution in [1.82, 2.24) is 0 Å². The van der Waals surface area contributed by atoms with Crippen molar-refractivity contribution in [2.24, 2.45) is 0 Å². The number of hydrogen-bond acceptors (Lipinski definition) is 1. The van der Waals surface area contributed by atoms with Gasteiger partial charge in [-0.15, -0.1) is 0 Å². The van der Waals surface area contributed by atoms with Crippen LogP contribution in [0.4, 0.5) is 0 Å². The van der Waals surface area contributed by atoms with Gasteiger partial charge in [0, 0.05) is 11.1 Å². The molecule has 0 radical (unpaired) electrons. The van der Waals surface area contributed by atoms with Crippen molar-refractivity contribution >= 4 is 0 Å². The van der Waals surface area contributed by atoms with Crippen LogP contribution in [-0.2, 0) is 0 Å². The average molecular weight is 379 g/mol. The SMILES string of the molecule is Cc1ccc(-c2ccc(C)cc2Oc2cc(C)ccc2-c2ccc(C)cc2)cc1. The molecule has 0 aliphatic rings. The Labute approximate surface area is 173 Å². The summed E-state index contributed by atoms with van der Waals surface area (Å²) >= 11 is 0. The van der Waals surface area contributed by atoms with E-state index in [0.717, 1.165) is 33.8 Å². The molecule has 0 fully saturated rings. The molecule has 0 aliphatic heterocycles. The van der Waals surface area contributed by atoms with Gasteiger partial charge in [0.15, 0.2) is 0 Å². The molecule has 0 saturated heterocycles. The highest BCUT2D eigenvalue weighted by Crippen LogP contribution is 2.39. The fourth-order valence-electron chi connectivity index (χ4n) is 3.49. The van der Waals surface area contributed by atoms with Gasteiger partial charge in [-0.1, -0.05) is 83.9 Å². The molecule has 0 amide bonds. The van der Waals surface area contributed by atoms with Crippen molar-refractivity contribution in [1.29, 1.82) is 0 Å². The van der Waals surface area contributed by atoms with Gasteiger partial charge in [0.2, 0.25) is 0 Å². The third kappa shape index (κ3) is 4.25. The van der Waals surface area contributed by atoms with E-state index in [9.17, 15) is 0 Å². The Morgan fingerprint density at radius 2 is 0.759 bits per heavy atom. The Morgan fingerprint density at radius 3 is 1.14 bits per heavy atom. The minimum atomic E-state index is 0.882. The number of rotatable bonds is 4. The molecule has 144 valence electrons. The number of benzene rings is 4. The topological polar surface area (TPSA) is 9.23 Å². The average Bonchev–Trinajstić information content (AvgIpc) is 2.70. The molecule has 0 aromatic heterocycles. The maximum atomic E-state index is 6.57. The third-order valence-electron chi connectivity index (χ3n) is 5.22. The molecule has 4 aromatic rings. The van der Waals surface area contributed by atoms with Crippen molar-refractivity contribution in [3.63, 3.8) is 0 Å². The second kappa shape index (κ2) is 7.97. The van der Waals surface area contributed by atoms with Crippen molar-refractivity contribution in [2.45, 2.75) is 27.7 Å². The minimum absolute atomic E-state index is 0.882. The summed E-state index contributed by atoms with van der Waals surface area (Å²) in [4.78, 5) is 0. The smallest absolute Gasteiger partial charge is 0.135 e. The maximum absolute atomic E-state index is 6.57. The Kier molecular flexibility index (Phi) is 5.22. The second-order valence-electron chi connectivity index (χ2n) is 7.83. The first-order valence-corrected chi connectivity index (χ1v) is 10.0. The van der Waals surface area contributed by atoms with Gasteiger partial charge in [-0.25, -0.2) is 0 Å². The van der Waals surface area contributed by atoms with Gasteiger partial charge in [-0.3, -0.25) is 0 Å². The summed E-state index contributed by atoms with van der Waals surface area (Å²) in [6.07, 6.45) is 0. The fraction of sp³-hybridized carbons (Fsp3) is 0.143. The molecule has 0 aliphatic carbocycles. The predicted octanol–water partition coefficient (Wildman–Crippen LogP) is 8.05. The lowest BCUT2D eigenvalue weighted by Crippen LogP contribution is -1.93. The van der Waals surface area contributed by atoms with Crippen LogP contribution in [0, 0.1) is 27.7 Å². The van der Waals surface area contributed by atoms with Crippen molar-refractivity contribution in [3.05, 3.63) is 107 Å². The van der Waals surface area contributed by atoms with Crippen LogP contribution in [0.25, 0.3) is 22.3 Å². The van der Waals surface area contributed by atoms with Crippen LogP contribution in [0.15, 0.2) is 84.9 Å². The lowest BCUT2D eigenvalue weighted by atomic mass is 10.0. The van der Waals surface area contributed by atoms with Gasteiger partial charge in [0.25, 0.3) is 0 Å². The van der Waals surface area contributed by atoms with Crippen molar-refractivity contribution in [2.75, 3.05) is 0 Å². The zero-order valence-corrected chi connectivity index (χ0v) is 17.5. The molecule has 1 nitrogen and oxygen atoms in total. The summed E-state index contributed by atoms with van der Waals surface area (Å²) in [6, 6.07) is 30.0. The first kappa shape index (κ1) is 19.0. The summed E-state index contributed by atoms with van der Waals surface area (Å²) in [6.45, 7) is 8.42. The molecule has 0 bridgehead atoms. The van der Waals surface area contributed by atoms with E-state index >= 15 is 0 Å². The van der Waals surface area contributed by atoms with Gasteiger partial charge in [-0.05, 0) is 62.1 Å². The van der Waals surface area contributed by atoms with E-state index in [1.165, 1.54) is 22.3 Å². The molecule has 4 rings (SSSR count). The van der Waals surface area contributed by atoms with Gasteiger partial charge in [-0.2, -0.15) is 0 Å². The fourth-order valence-corrected chi connectivity index (χ4v) is 3.49. The highest BCUT2D eigenvalue weighted by molar-refractivity contribution is 5.75. The summed E-state index contributed by atoms with van der Waals surface area (Å²) in [5.74, 6) is 1.76. The first-order chi connectivity index (χ1) is 14.0. The number of ether oxygens (including phenoxy) is 1. The molecular formula is C28H26O. The Balaban J connectivity index is 1.80. The van der Waals surface area contributed by atoms with Crippen LogP contribution in [-0.4, -0.2) is 0 Å². The zero-order valence-electron chi connectivity index (χ0n) is 17.5. The van der Waals surface area contributed by atoms with Crippen LogP contribution >= 0.6 is 0 Å². The molecule has 0 spiro atoms. The number of aryl methyl sites for hydroxylation is 4. The minimum Gasteiger partial charge on any atom is -0.456 e. The Hall–Kier alpha value is -3.32. The van der Waals surface area contributed by atoms with Crippen LogP contribution in [0.1, 0.15) is 22.3 Å². The van der Waals surface area contributed by atoms with Gasteiger partial charge >= 0.3 is 0 Å².